The molecule has 100 valence electrons. The van der Waals surface area contributed by atoms with Gasteiger partial charge >= 0.3 is 0 Å². The van der Waals surface area contributed by atoms with Crippen LogP contribution in [0.5, 0.6) is 0 Å². The second-order valence-corrected chi connectivity index (χ2v) is 3.39. The minimum atomic E-state index is -1.08. The summed E-state index contributed by atoms with van der Waals surface area (Å²) in [6.45, 7) is 5.68. The Bertz CT molecular complexity index is 460. The van der Waals surface area contributed by atoms with Gasteiger partial charge in [-0.05, 0) is 31.5 Å². The molecule has 0 bridgehead atoms. The molecule has 2 rings (SSSR count). The lowest BCUT2D eigenvalue weighted by molar-refractivity contribution is -0.302. The lowest BCUT2D eigenvalue weighted by Gasteiger charge is -1.93. The third kappa shape index (κ3) is 5.50. The Morgan fingerprint density at radius 3 is 2.44 bits per heavy atom. The number of fused-ring (bicyclic) bond motifs is 1. The molecule has 4 nitrogen and oxygen atoms in total. The molecule has 4 heteroatoms. The predicted octanol–water partition coefficient (Wildman–Crippen LogP) is 1.45. The van der Waals surface area contributed by atoms with Crippen molar-refractivity contribution in [3.63, 3.8) is 0 Å². The van der Waals surface area contributed by atoms with E-state index in [1.54, 1.807) is 0 Å². The van der Waals surface area contributed by atoms with E-state index < -0.39 is 5.97 Å². The predicted molar refractivity (Wildman–Crippen MR) is 73.1 cm³/mol. The van der Waals surface area contributed by atoms with Gasteiger partial charge in [0.1, 0.15) is 0 Å². The van der Waals surface area contributed by atoms with E-state index in [1.807, 2.05) is 26.1 Å². The van der Waals surface area contributed by atoms with Crippen molar-refractivity contribution in [3.8, 4) is 0 Å². The van der Waals surface area contributed by atoms with Gasteiger partial charge in [0, 0.05) is 23.1 Å². The van der Waals surface area contributed by atoms with Gasteiger partial charge in [-0.2, -0.15) is 0 Å². The van der Waals surface area contributed by atoms with Crippen molar-refractivity contribution in [2.24, 2.45) is 5.73 Å². The van der Waals surface area contributed by atoms with E-state index in [1.165, 1.54) is 16.5 Å². The van der Waals surface area contributed by atoms with E-state index in [2.05, 4.69) is 23.2 Å². The van der Waals surface area contributed by atoms with E-state index >= 15 is 0 Å². The monoisotopic (exact) mass is 249 g/mol. The minimum Gasteiger partial charge on any atom is -0.550 e. The maximum Gasteiger partial charge on any atom is 0.0456 e. The highest BCUT2D eigenvalue weighted by Crippen LogP contribution is 2.17. The lowest BCUT2D eigenvalue weighted by Crippen LogP contribution is -2.16. The number of nitrogens with two attached hydrogens (primary N) is 1. The zero-order valence-electron chi connectivity index (χ0n) is 11.2. The molecule has 1 heterocycles. The Kier molecular flexibility index (Phi) is 8.31. The number of carboxylic acid groups (broad SMARTS) is 1. The summed E-state index contributed by atoms with van der Waals surface area (Å²) < 4.78 is 0. The summed E-state index contributed by atoms with van der Waals surface area (Å²) >= 11 is 0. The Labute approximate surface area is 108 Å². The van der Waals surface area contributed by atoms with E-state index in [-0.39, 0.29) is 0 Å². The number of hydrogen-bond acceptors (Lipinski definition) is 3. The molecule has 0 spiro atoms. The van der Waals surface area contributed by atoms with Crippen LogP contribution < -0.4 is 10.8 Å². The third-order valence-electron chi connectivity index (χ3n) is 2.09. The van der Waals surface area contributed by atoms with Gasteiger partial charge in [-0.1, -0.05) is 32.0 Å². The number of H-pyrrole nitrogens is 1. The van der Waals surface area contributed by atoms with Gasteiger partial charge in [0.15, 0.2) is 0 Å². The highest BCUT2D eigenvalue weighted by molar-refractivity contribution is 5.83. The molecule has 0 atom stereocenters. The first-order valence-corrected chi connectivity index (χ1v) is 6.07. The highest BCUT2D eigenvalue weighted by atomic mass is 16.4. The molecule has 2 aromatic rings. The number of rotatable bonds is 2. The fourth-order valence-electron chi connectivity index (χ4n) is 1.49. The second kappa shape index (κ2) is 9.24. The van der Waals surface area contributed by atoms with Crippen LogP contribution in [0.4, 0.5) is 0 Å². The Morgan fingerprint density at radius 1 is 1.33 bits per heavy atom. The summed E-state index contributed by atoms with van der Waals surface area (Å²) in [6.07, 6.45) is 2.99. The number of carbonyl (C=O) groups excluding carboxylic acids is 1. The average molecular weight is 249 g/mol. The van der Waals surface area contributed by atoms with Gasteiger partial charge in [-0.15, -0.1) is 0 Å². The van der Waals surface area contributed by atoms with Gasteiger partial charge in [-0.3, -0.25) is 0 Å². The molecule has 0 fully saturated rings. The standard InChI is InChI=1S/C10H12N2.C2H4O2.C2H6/c11-6-5-8-7-12-10-4-2-1-3-9(8)10;1-2(3)4;1-2/h1-4,7,12H,5-6,11H2;1H3,(H,3,4);1-2H3/p-1. The molecule has 0 unspecified atom stereocenters. The molecule has 0 saturated carbocycles. The highest BCUT2D eigenvalue weighted by Gasteiger charge is 1.99. The van der Waals surface area contributed by atoms with Crippen LogP contribution in [0.15, 0.2) is 30.5 Å². The van der Waals surface area contributed by atoms with Crippen molar-refractivity contribution in [2.75, 3.05) is 6.54 Å². The van der Waals surface area contributed by atoms with E-state index in [4.69, 9.17) is 15.6 Å². The molecule has 0 saturated heterocycles. The molecule has 1 aromatic carbocycles. The first-order valence-electron chi connectivity index (χ1n) is 6.07. The van der Waals surface area contributed by atoms with Crippen LogP contribution in [-0.4, -0.2) is 17.5 Å². The quantitative estimate of drug-likeness (QED) is 0.845. The number of nitrogens with one attached hydrogen (secondary N) is 1. The molecular formula is C14H21N2O2-. The van der Waals surface area contributed by atoms with Crippen LogP contribution >= 0.6 is 0 Å². The molecule has 0 aliphatic heterocycles. The van der Waals surface area contributed by atoms with Crippen LogP contribution in [0, 0.1) is 0 Å². The van der Waals surface area contributed by atoms with Gasteiger partial charge in [0.25, 0.3) is 0 Å². The SMILES string of the molecule is CC.CC(=O)[O-].NCCc1c[nH]c2ccccc12. The summed E-state index contributed by atoms with van der Waals surface area (Å²) in [5.41, 5.74) is 8.01. The third-order valence-corrected chi connectivity index (χ3v) is 2.09. The summed E-state index contributed by atoms with van der Waals surface area (Å²) in [6, 6.07) is 8.29. The second-order valence-electron chi connectivity index (χ2n) is 3.39. The number of aromatic amines is 1. The van der Waals surface area contributed by atoms with E-state index in [9.17, 15) is 0 Å². The fraction of sp³-hybridized carbons (Fsp3) is 0.357. The Balaban J connectivity index is 0.000000415. The number of carboxylic acids is 1. The van der Waals surface area contributed by atoms with Gasteiger partial charge < -0.3 is 20.6 Å². The van der Waals surface area contributed by atoms with Crippen molar-refractivity contribution in [2.45, 2.75) is 27.2 Å². The number of benzene rings is 1. The van der Waals surface area contributed by atoms with Crippen molar-refractivity contribution >= 4 is 16.9 Å². The van der Waals surface area contributed by atoms with Crippen molar-refractivity contribution < 1.29 is 9.90 Å². The molecule has 18 heavy (non-hydrogen) atoms. The maximum atomic E-state index is 8.89. The molecular weight excluding hydrogens is 228 g/mol. The molecule has 0 amide bonds. The summed E-state index contributed by atoms with van der Waals surface area (Å²) in [4.78, 5) is 12.1. The molecule has 0 aliphatic rings. The lowest BCUT2D eigenvalue weighted by atomic mass is 10.1. The van der Waals surface area contributed by atoms with Crippen molar-refractivity contribution in [1.82, 2.24) is 4.98 Å². The topological polar surface area (TPSA) is 81.9 Å². The average Bonchev–Trinajstić information content (AvgIpc) is 2.76. The number of para-hydroxylation sites is 1. The Hall–Kier alpha value is -1.81. The summed E-state index contributed by atoms with van der Waals surface area (Å²) in [5.74, 6) is -1.08. The zero-order valence-corrected chi connectivity index (χ0v) is 11.2. The van der Waals surface area contributed by atoms with E-state index in [0.717, 1.165) is 13.3 Å². The molecule has 0 aliphatic carbocycles. The zero-order chi connectivity index (χ0) is 14.0. The van der Waals surface area contributed by atoms with Crippen LogP contribution in [0.2, 0.25) is 0 Å². The summed E-state index contributed by atoms with van der Waals surface area (Å²) in [5, 5.41) is 10.2. The van der Waals surface area contributed by atoms with Crippen molar-refractivity contribution in [3.05, 3.63) is 36.0 Å². The normalized spacial score (nSPS) is 8.89. The summed E-state index contributed by atoms with van der Waals surface area (Å²) in [7, 11) is 0. The number of aliphatic carboxylic acids is 1. The van der Waals surface area contributed by atoms with Gasteiger partial charge in [0.05, 0.1) is 0 Å². The van der Waals surface area contributed by atoms with Crippen LogP contribution in [-0.2, 0) is 11.2 Å². The largest absolute Gasteiger partial charge is 0.550 e. The van der Waals surface area contributed by atoms with Crippen LogP contribution in [0.25, 0.3) is 10.9 Å². The van der Waals surface area contributed by atoms with E-state index in [0.29, 0.717) is 6.54 Å². The first kappa shape index (κ1) is 16.2. The minimum absolute atomic E-state index is 0.710. The fourth-order valence-corrected chi connectivity index (χ4v) is 1.49. The maximum absolute atomic E-state index is 8.89. The molecule has 3 N–H and O–H groups in total. The number of carbonyl (C=O) groups is 1. The Morgan fingerprint density at radius 2 is 1.89 bits per heavy atom. The molecule has 0 radical (unpaired) electrons. The number of hydrogen-bond donors (Lipinski definition) is 2. The first-order chi connectivity index (χ1) is 8.65. The van der Waals surface area contributed by atoms with Crippen LogP contribution in [0.3, 0.4) is 0 Å². The smallest absolute Gasteiger partial charge is 0.0456 e. The van der Waals surface area contributed by atoms with Gasteiger partial charge in [-0.25, -0.2) is 0 Å². The number of aromatic nitrogens is 1. The van der Waals surface area contributed by atoms with Crippen LogP contribution in [0.1, 0.15) is 26.3 Å². The molecule has 1 aromatic heterocycles. The van der Waals surface area contributed by atoms with Crippen molar-refractivity contribution in [1.29, 1.82) is 0 Å². The van der Waals surface area contributed by atoms with Gasteiger partial charge in [0.2, 0.25) is 0 Å².